The number of allylic oxidation sites excluding steroid dienone is 3. The molecule has 202 valence electrons. The topological polar surface area (TPSA) is 83.1 Å². The lowest BCUT2D eigenvalue weighted by molar-refractivity contribution is -0.138. The van der Waals surface area contributed by atoms with Crippen LogP contribution in [0, 0.1) is 0 Å². The maximum atomic E-state index is 13.9. The normalized spacial score (nSPS) is 19.0. The number of benzene rings is 2. The lowest BCUT2D eigenvalue weighted by Crippen LogP contribution is -2.36. The summed E-state index contributed by atoms with van der Waals surface area (Å²) in [6.45, 7) is 6.58. The average molecular weight is 520 g/mol. The fourth-order valence-electron chi connectivity index (χ4n) is 5.35. The summed E-state index contributed by atoms with van der Waals surface area (Å²) in [4.78, 5) is 27.1. The van der Waals surface area contributed by atoms with Gasteiger partial charge >= 0.3 is 5.97 Å². The van der Waals surface area contributed by atoms with Gasteiger partial charge in [-0.15, -0.1) is 0 Å². The van der Waals surface area contributed by atoms with Crippen LogP contribution >= 0.6 is 0 Å². The number of esters is 1. The lowest BCUT2D eigenvalue weighted by atomic mass is 9.71. The number of rotatable bonds is 10. The van der Waals surface area contributed by atoms with Gasteiger partial charge < -0.3 is 24.3 Å². The highest BCUT2D eigenvalue weighted by molar-refractivity contribution is 6.04. The number of ether oxygens (including phenoxy) is 4. The van der Waals surface area contributed by atoms with Crippen LogP contribution in [0.2, 0.25) is 0 Å². The van der Waals surface area contributed by atoms with E-state index in [1.807, 2.05) is 49.4 Å². The maximum absolute atomic E-state index is 13.9. The third-order valence-electron chi connectivity index (χ3n) is 7.19. The number of dihydropyridines is 1. The van der Waals surface area contributed by atoms with Gasteiger partial charge in [0.25, 0.3) is 0 Å². The third-order valence-corrected chi connectivity index (χ3v) is 7.19. The van der Waals surface area contributed by atoms with Gasteiger partial charge in [-0.25, -0.2) is 4.79 Å². The fourth-order valence-corrected chi connectivity index (χ4v) is 5.35. The van der Waals surface area contributed by atoms with Gasteiger partial charge in [0.05, 0.1) is 38.9 Å². The molecule has 1 heterocycles. The summed E-state index contributed by atoms with van der Waals surface area (Å²) in [6, 6.07) is 13.5. The zero-order valence-corrected chi connectivity index (χ0v) is 22.9. The standard InChI is InChI=1S/C31H37NO6/c1-6-8-15-38-25-12-10-9-11-22(25)29-28(31(34)37-7-2)19(3)32-23-16-21(17-24(33)30(23)29)20-13-14-26(35-4)27(18-20)36-5/h9-14,18,21,29,32H,6-8,15-17H2,1-5H3/t21-,29-/m1/s1. The highest BCUT2D eigenvalue weighted by Gasteiger charge is 2.42. The monoisotopic (exact) mass is 519 g/mol. The molecule has 1 N–H and O–H groups in total. The Hall–Kier alpha value is -3.74. The molecule has 0 spiro atoms. The van der Waals surface area contributed by atoms with E-state index in [0.717, 1.165) is 29.7 Å². The van der Waals surface area contributed by atoms with E-state index in [4.69, 9.17) is 18.9 Å². The molecule has 2 aliphatic rings. The van der Waals surface area contributed by atoms with Gasteiger partial charge in [0.15, 0.2) is 17.3 Å². The van der Waals surface area contributed by atoms with Crippen molar-refractivity contribution in [3.8, 4) is 17.2 Å². The van der Waals surface area contributed by atoms with Crippen molar-refractivity contribution in [3.05, 3.63) is 76.1 Å². The van der Waals surface area contributed by atoms with E-state index < -0.39 is 11.9 Å². The smallest absolute Gasteiger partial charge is 0.336 e. The molecule has 1 aliphatic carbocycles. The second kappa shape index (κ2) is 12.2. The van der Waals surface area contributed by atoms with Crippen molar-refractivity contribution in [3.63, 3.8) is 0 Å². The molecule has 0 fully saturated rings. The highest BCUT2D eigenvalue weighted by Crippen LogP contribution is 2.48. The van der Waals surface area contributed by atoms with Crippen LogP contribution in [0.15, 0.2) is 65.0 Å². The van der Waals surface area contributed by atoms with E-state index in [2.05, 4.69) is 12.2 Å². The van der Waals surface area contributed by atoms with E-state index in [0.29, 0.717) is 53.5 Å². The molecule has 0 radical (unpaired) electrons. The number of nitrogens with one attached hydrogen (secondary N) is 1. The molecule has 0 amide bonds. The zero-order chi connectivity index (χ0) is 27.2. The van der Waals surface area contributed by atoms with Crippen LogP contribution in [0.1, 0.15) is 69.4 Å². The Morgan fingerprint density at radius 2 is 1.76 bits per heavy atom. The third kappa shape index (κ3) is 5.42. The van der Waals surface area contributed by atoms with Crippen LogP contribution in [0.25, 0.3) is 0 Å². The predicted octanol–water partition coefficient (Wildman–Crippen LogP) is 5.81. The van der Waals surface area contributed by atoms with Crippen molar-refractivity contribution < 1.29 is 28.5 Å². The Kier molecular flexibility index (Phi) is 8.77. The number of ketones is 1. The van der Waals surface area contributed by atoms with E-state index in [1.54, 1.807) is 21.1 Å². The molecular weight excluding hydrogens is 482 g/mol. The van der Waals surface area contributed by atoms with Gasteiger partial charge in [0.1, 0.15) is 5.75 Å². The molecule has 0 bridgehead atoms. The van der Waals surface area contributed by atoms with E-state index in [-0.39, 0.29) is 18.3 Å². The summed E-state index contributed by atoms with van der Waals surface area (Å²) in [7, 11) is 3.21. The van der Waals surface area contributed by atoms with Gasteiger partial charge in [0.2, 0.25) is 0 Å². The van der Waals surface area contributed by atoms with Gasteiger partial charge in [-0.1, -0.05) is 37.6 Å². The summed E-state index contributed by atoms with van der Waals surface area (Å²) >= 11 is 0. The second-order valence-corrected chi connectivity index (χ2v) is 9.59. The number of carbonyl (C=O) groups excluding carboxylic acids is 2. The Balaban J connectivity index is 1.78. The molecule has 1 aliphatic heterocycles. The average Bonchev–Trinajstić information content (AvgIpc) is 2.92. The molecule has 38 heavy (non-hydrogen) atoms. The number of Topliss-reactive ketones (excluding diaryl/α,β-unsaturated/α-hetero) is 1. The molecule has 0 saturated heterocycles. The van der Waals surface area contributed by atoms with Crippen molar-refractivity contribution in [1.82, 2.24) is 5.32 Å². The second-order valence-electron chi connectivity index (χ2n) is 9.59. The Morgan fingerprint density at radius 3 is 2.47 bits per heavy atom. The summed E-state index contributed by atoms with van der Waals surface area (Å²) in [6.07, 6.45) is 2.87. The summed E-state index contributed by atoms with van der Waals surface area (Å²) in [5.74, 6) is 0.930. The van der Waals surface area contributed by atoms with Crippen LogP contribution in [0.3, 0.4) is 0 Å². The molecule has 2 aromatic carbocycles. The molecule has 2 aromatic rings. The SMILES string of the molecule is CCCCOc1ccccc1[C@@H]1C(C(=O)OCC)=C(C)NC2=C1C(=O)C[C@H](c1ccc(OC)c(OC)c1)C2. The summed E-state index contributed by atoms with van der Waals surface area (Å²) in [5, 5.41) is 3.40. The number of hydrogen-bond acceptors (Lipinski definition) is 7. The van der Waals surface area contributed by atoms with Gasteiger partial charge in [-0.05, 0) is 56.4 Å². The minimum absolute atomic E-state index is 0.00111. The number of carbonyl (C=O) groups is 2. The molecule has 0 saturated carbocycles. The first kappa shape index (κ1) is 27.3. The van der Waals surface area contributed by atoms with Crippen molar-refractivity contribution in [2.45, 2.75) is 58.3 Å². The van der Waals surface area contributed by atoms with E-state index >= 15 is 0 Å². The largest absolute Gasteiger partial charge is 0.493 e. The minimum atomic E-state index is -0.568. The molecular formula is C31H37NO6. The molecule has 2 atom stereocenters. The van der Waals surface area contributed by atoms with Crippen LogP contribution in [-0.2, 0) is 14.3 Å². The minimum Gasteiger partial charge on any atom is -0.493 e. The van der Waals surface area contributed by atoms with Crippen molar-refractivity contribution in [1.29, 1.82) is 0 Å². The molecule has 7 nitrogen and oxygen atoms in total. The first-order chi connectivity index (χ1) is 18.4. The molecule has 4 rings (SSSR count). The van der Waals surface area contributed by atoms with Crippen LogP contribution in [0.4, 0.5) is 0 Å². The van der Waals surface area contributed by atoms with Crippen LogP contribution in [0.5, 0.6) is 17.2 Å². The Labute approximate surface area is 224 Å². The van der Waals surface area contributed by atoms with E-state index in [1.165, 1.54) is 0 Å². The fraction of sp³-hybridized carbons (Fsp3) is 0.419. The van der Waals surface area contributed by atoms with Crippen LogP contribution < -0.4 is 19.5 Å². The van der Waals surface area contributed by atoms with Crippen molar-refractivity contribution in [2.75, 3.05) is 27.4 Å². The van der Waals surface area contributed by atoms with E-state index in [9.17, 15) is 9.59 Å². The Bertz CT molecular complexity index is 1260. The quantitative estimate of drug-likeness (QED) is 0.313. The summed E-state index contributed by atoms with van der Waals surface area (Å²) < 4.78 is 22.5. The van der Waals surface area contributed by atoms with Gasteiger partial charge in [0, 0.05) is 29.0 Å². The lowest BCUT2D eigenvalue weighted by Gasteiger charge is -2.37. The number of para-hydroxylation sites is 1. The summed E-state index contributed by atoms with van der Waals surface area (Å²) in [5.41, 5.74) is 4.40. The van der Waals surface area contributed by atoms with Gasteiger partial charge in [-0.3, -0.25) is 4.79 Å². The predicted molar refractivity (Wildman–Crippen MR) is 146 cm³/mol. The Morgan fingerprint density at radius 1 is 1.00 bits per heavy atom. The number of methoxy groups -OCH3 is 2. The number of unbranched alkanes of at least 4 members (excludes halogenated alkanes) is 1. The molecule has 0 aromatic heterocycles. The first-order valence-electron chi connectivity index (χ1n) is 13.3. The maximum Gasteiger partial charge on any atom is 0.336 e. The zero-order valence-electron chi connectivity index (χ0n) is 22.9. The van der Waals surface area contributed by atoms with Crippen LogP contribution in [-0.4, -0.2) is 39.2 Å². The van der Waals surface area contributed by atoms with Crippen molar-refractivity contribution in [2.24, 2.45) is 0 Å². The highest BCUT2D eigenvalue weighted by atomic mass is 16.5. The first-order valence-corrected chi connectivity index (χ1v) is 13.3. The molecule has 0 unspecified atom stereocenters. The molecule has 7 heteroatoms. The van der Waals surface area contributed by atoms with Gasteiger partial charge in [-0.2, -0.15) is 0 Å². The number of hydrogen-bond donors (Lipinski definition) is 1. The van der Waals surface area contributed by atoms with Crippen molar-refractivity contribution >= 4 is 11.8 Å².